The Morgan fingerprint density at radius 3 is 2.00 bits per heavy atom. The van der Waals surface area contributed by atoms with E-state index in [1.807, 2.05) is 0 Å². The molecule has 73 valence electrons. The molecule has 0 aromatic heterocycles. The van der Waals surface area contributed by atoms with Crippen LogP contribution in [0.4, 0.5) is 0 Å². The Balaban J connectivity index is 3.12. The lowest BCUT2D eigenvalue weighted by Gasteiger charge is -1.98. The molecule has 0 amide bonds. The number of rotatable bonds is 7. The first-order chi connectivity index (χ1) is 5.56. The summed E-state index contributed by atoms with van der Waals surface area (Å²) in [6.07, 6.45) is 6.32. The lowest BCUT2D eigenvalue weighted by Crippen LogP contribution is -2.05. The van der Waals surface area contributed by atoms with Crippen molar-refractivity contribution in [3.63, 3.8) is 0 Å². The molecule has 3 nitrogen and oxygen atoms in total. The van der Waals surface area contributed by atoms with Crippen LogP contribution in [0, 0.1) is 0 Å². The highest BCUT2D eigenvalue weighted by Crippen LogP contribution is 2.05. The van der Waals surface area contributed by atoms with Gasteiger partial charge in [-0.25, -0.2) is 8.42 Å². The molecular weight excluding hydrogens is 174 g/mol. The molecule has 0 fully saturated rings. The van der Waals surface area contributed by atoms with Gasteiger partial charge in [-0.3, -0.25) is 0 Å². The molecule has 0 aliphatic heterocycles. The van der Waals surface area contributed by atoms with Gasteiger partial charge < -0.3 is 0 Å². The van der Waals surface area contributed by atoms with E-state index in [-0.39, 0.29) is 5.75 Å². The second kappa shape index (κ2) is 6.43. The SMILES string of the molecule is CCCCCCCCS([NH])(=O)=O. The first-order valence-electron chi connectivity index (χ1n) is 4.53. The van der Waals surface area contributed by atoms with Gasteiger partial charge in [0, 0.05) is 0 Å². The average Bonchev–Trinajstić information content (AvgIpc) is 1.94. The van der Waals surface area contributed by atoms with Crippen LogP contribution >= 0.6 is 0 Å². The quantitative estimate of drug-likeness (QED) is 0.579. The fourth-order valence-corrected chi connectivity index (χ4v) is 1.66. The maximum atomic E-state index is 10.4. The fourth-order valence-electron chi connectivity index (χ4n) is 1.07. The summed E-state index contributed by atoms with van der Waals surface area (Å²) in [5.41, 5.74) is 0. The highest BCUT2D eigenvalue weighted by Gasteiger charge is 2.01. The molecule has 0 aliphatic carbocycles. The Hall–Kier alpha value is -0.0900. The van der Waals surface area contributed by atoms with Crippen molar-refractivity contribution in [2.24, 2.45) is 0 Å². The number of hydrogen-bond donors (Lipinski definition) is 0. The minimum atomic E-state index is -3.47. The molecule has 0 bridgehead atoms. The van der Waals surface area contributed by atoms with E-state index in [4.69, 9.17) is 5.14 Å². The highest BCUT2D eigenvalue weighted by atomic mass is 32.2. The van der Waals surface area contributed by atoms with E-state index in [1.54, 1.807) is 0 Å². The van der Waals surface area contributed by atoms with E-state index in [0.717, 1.165) is 12.8 Å². The molecule has 0 aromatic carbocycles. The maximum Gasteiger partial charge on any atom is 0.225 e. The first kappa shape index (κ1) is 11.9. The van der Waals surface area contributed by atoms with Crippen LogP contribution in [0.25, 0.3) is 0 Å². The summed E-state index contributed by atoms with van der Waals surface area (Å²) in [6.45, 7) is 2.15. The van der Waals surface area contributed by atoms with E-state index < -0.39 is 10.0 Å². The lowest BCUT2D eigenvalue weighted by atomic mass is 10.1. The van der Waals surface area contributed by atoms with Crippen molar-refractivity contribution in [3.05, 3.63) is 0 Å². The predicted octanol–water partition coefficient (Wildman–Crippen LogP) is 1.96. The second-order valence-corrected chi connectivity index (χ2v) is 4.72. The largest absolute Gasteiger partial charge is 0.225 e. The van der Waals surface area contributed by atoms with Gasteiger partial charge in [-0.15, -0.1) is 5.14 Å². The van der Waals surface area contributed by atoms with Crippen molar-refractivity contribution in [1.82, 2.24) is 5.14 Å². The van der Waals surface area contributed by atoms with Crippen LogP contribution in [0.15, 0.2) is 0 Å². The Morgan fingerprint density at radius 1 is 1.00 bits per heavy atom. The van der Waals surface area contributed by atoms with E-state index in [1.165, 1.54) is 19.3 Å². The zero-order valence-corrected chi connectivity index (χ0v) is 8.49. The summed E-state index contributed by atoms with van der Waals surface area (Å²) in [5, 5.41) is 6.62. The molecule has 1 N–H and O–H groups in total. The number of unbranched alkanes of at least 4 members (excludes halogenated alkanes) is 5. The number of nitrogens with one attached hydrogen (secondary N) is 1. The van der Waals surface area contributed by atoms with E-state index in [0.29, 0.717) is 6.42 Å². The van der Waals surface area contributed by atoms with Gasteiger partial charge in [0.15, 0.2) is 0 Å². The van der Waals surface area contributed by atoms with Gasteiger partial charge in [0.2, 0.25) is 10.0 Å². The highest BCUT2D eigenvalue weighted by molar-refractivity contribution is 7.88. The summed E-state index contributed by atoms with van der Waals surface area (Å²) in [7, 11) is -3.47. The number of sulfonamides is 1. The molecule has 0 aliphatic rings. The molecule has 0 aromatic rings. The van der Waals surface area contributed by atoms with Crippen LogP contribution in [0.2, 0.25) is 0 Å². The molecule has 0 atom stereocenters. The van der Waals surface area contributed by atoms with Gasteiger partial charge in [0.05, 0.1) is 5.75 Å². The van der Waals surface area contributed by atoms with Gasteiger partial charge in [-0.05, 0) is 6.42 Å². The average molecular weight is 192 g/mol. The van der Waals surface area contributed by atoms with Crippen LogP contribution in [0.3, 0.4) is 0 Å². The van der Waals surface area contributed by atoms with Crippen LogP contribution < -0.4 is 5.14 Å². The molecule has 0 rings (SSSR count). The molecule has 4 heteroatoms. The smallest absolute Gasteiger partial charge is 0.211 e. The van der Waals surface area contributed by atoms with Gasteiger partial charge in [-0.2, -0.15) is 0 Å². The molecular formula is C8H18NO2S. The van der Waals surface area contributed by atoms with Crippen molar-refractivity contribution in [2.45, 2.75) is 45.4 Å². The first-order valence-corrected chi connectivity index (χ1v) is 6.19. The van der Waals surface area contributed by atoms with Crippen molar-refractivity contribution in [2.75, 3.05) is 5.75 Å². The normalized spacial score (nSPS) is 11.8. The zero-order chi connectivity index (χ0) is 9.45. The van der Waals surface area contributed by atoms with Gasteiger partial charge in [0.25, 0.3) is 0 Å². The van der Waals surface area contributed by atoms with Crippen LogP contribution in [-0.2, 0) is 10.0 Å². The minimum absolute atomic E-state index is 0.0269. The summed E-state index contributed by atoms with van der Waals surface area (Å²) in [6, 6.07) is 0. The Labute approximate surface area is 75.4 Å². The predicted molar refractivity (Wildman–Crippen MR) is 50.3 cm³/mol. The molecule has 1 radical (unpaired) electrons. The molecule has 12 heavy (non-hydrogen) atoms. The fraction of sp³-hybridized carbons (Fsp3) is 1.00. The van der Waals surface area contributed by atoms with Gasteiger partial charge >= 0.3 is 0 Å². The Morgan fingerprint density at radius 2 is 1.50 bits per heavy atom. The van der Waals surface area contributed by atoms with Crippen LogP contribution in [0.1, 0.15) is 45.4 Å². The minimum Gasteiger partial charge on any atom is -0.211 e. The van der Waals surface area contributed by atoms with E-state index >= 15 is 0 Å². The summed E-state index contributed by atoms with van der Waals surface area (Å²) in [5.74, 6) is 0.0269. The van der Waals surface area contributed by atoms with Crippen LogP contribution in [-0.4, -0.2) is 14.2 Å². The van der Waals surface area contributed by atoms with Crippen molar-refractivity contribution in [1.29, 1.82) is 0 Å². The third-order valence-electron chi connectivity index (χ3n) is 1.77. The van der Waals surface area contributed by atoms with Crippen molar-refractivity contribution >= 4 is 10.0 Å². The maximum absolute atomic E-state index is 10.4. The van der Waals surface area contributed by atoms with E-state index in [9.17, 15) is 8.42 Å². The third-order valence-corrected chi connectivity index (χ3v) is 2.59. The molecule has 0 saturated heterocycles. The Kier molecular flexibility index (Phi) is 6.38. The summed E-state index contributed by atoms with van der Waals surface area (Å²) < 4.78 is 20.8. The van der Waals surface area contributed by atoms with Crippen molar-refractivity contribution < 1.29 is 8.42 Å². The Bertz CT molecular complexity index is 187. The van der Waals surface area contributed by atoms with E-state index in [2.05, 4.69) is 6.92 Å². The molecule has 0 saturated carbocycles. The molecule has 0 unspecified atom stereocenters. The van der Waals surface area contributed by atoms with Gasteiger partial charge in [0.1, 0.15) is 0 Å². The zero-order valence-electron chi connectivity index (χ0n) is 7.67. The van der Waals surface area contributed by atoms with Crippen LogP contribution in [0.5, 0.6) is 0 Å². The third kappa shape index (κ3) is 9.91. The number of hydrogen-bond acceptors (Lipinski definition) is 2. The monoisotopic (exact) mass is 192 g/mol. The second-order valence-electron chi connectivity index (χ2n) is 3.09. The standard InChI is InChI=1S/C8H18NO2S/c1-2-3-4-5-6-7-8-12(9,10)11/h9H,2-8H2,1H3. The lowest BCUT2D eigenvalue weighted by molar-refractivity contribution is 0.583. The summed E-state index contributed by atoms with van der Waals surface area (Å²) in [4.78, 5) is 0. The van der Waals surface area contributed by atoms with Gasteiger partial charge in [-0.1, -0.05) is 39.0 Å². The topological polar surface area (TPSA) is 57.9 Å². The molecule has 0 spiro atoms. The molecule has 0 heterocycles. The van der Waals surface area contributed by atoms with Crippen molar-refractivity contribution in [3.8, 4) is 0 Å². The summed E-state index contributed by atoms with van der Waals surface area (Å²) >= 11 is 0.